The predicted molar refractivity (Wildman–Crippen MR) is 61.1 cm³/mol. The highest BCUT2D eigenvalue weighted by atomic mass is 127. The first-order valence-electron chi connectivity index (χ1n) is 3.66. The monoisotopic (exact) mass is 305 g/mol. The molecule has 0 saturated carbocycles. The zero-order valence-electron chi connectivity index (χ0n) is 7.07. The van der Waals surface area contributed by atoms with E-state index in [1.807, 2.05) is 5.43 Å². The van der Waals surface area contributed by atoms with E-state index in [0.717, 1.165) is 3.57 Å². The molecule has 2 amide bonds. The number of nitrogens with two attached hydrogens (primary N) is 1. The number of primary amides is 1. The second kappa shape index (κ2) is 4.80. The third-order valence-electron chi connectivity index (χ3n) is 1.37. The molecule has 0 fully saturated rings. The molecule has 5 nitrogen and oxygen atoms in total. The van der Waals surface area contributed by atoms with E-state index in [0.29, 0.717) is 5.56 Å². The molecule has 14 heavy (non-hydrogen) atoms. The van der Waals surface area contributed by atoms with Crippen molar-refractivity contribution in [2.75, 3.05) is 0 Å². The number of urea groups is 1. The number of carbonyl (C=O) groups is 1. The minimum Gasteiger partial charge on any atom is -0.507 e. The van der Waals surface area contributed by atoms with Gasteiger partial charge in [0.05, 0.1) is 6.21 Å². The van der Waals surface area contributed by atoms with E-state index in [-0.39, 0.29) is 5.75 Å². The lowest BCUT2D eigenvalue weighted by atomic mass is 10.2. The van der Waals surface area contributed by atoms with Crippen LogP contribution >= 0.6 is 22.6 Å². The lowest BCUT2D eigenvalue weighted by Gasteiger charge is -1.98. The Balaban J connectivity index is 2.80. The molecule has 0 radical (unpaired) electrons. The van der Waals surface area contributed by atoms with Gasteiger partial charge in [-0.1, -0.05) is 0 Å². The Morgan fingerprint density at radius 3 is 3.00 bits per heavy atom. The fraction of sp³-hybridized carbons (Fsp3) is 0. The van der Waals surface area contributed by atoms with E-state index in [2.05, 4.69) is 27.7 Å². The fourth-order valence-corrected chi connectivity index (χ4v) is 1.31. The number of nitrogens with one attached hydrogen (secondary N) is 1. The van der Waals surface area contributed by atoms with Crippen LogP contribution in [0.15, 0.2) is 23.3 Å². The summed E-state index contributed by atoms with van der Waals surface area (Å²) in [7, 11) is 0. The zero-order valence-corrected chi connectivity index (χ0v) is 9.22. The van der Waals surface area contributed by atoms with E-state index >= 15 is 0 Å². The topological polar surface area (TPSA) is 87.7 Å². The number of phenolic OH excluding ortho intramolecular Hbond substituents is 1. The number of nitrogens with zero attached hydrogens (tertiary/aromatic N) is 1. The fourth-order valence-electron chi connectivity index (χ4n) is 0.794. The summed E-state index contributed by atoms with van der Waals surface area (Å²) in [6.45, 7) is 0. The maximum atomic E-state index is 10.3. The van der Waals surface area contributed by atoms with Crippen molar-refractivity contribution in [3.63, 3.8) is 0 Å². The van der Waals surface area contributed by atoms with Crippen LogP contribution in [-0.4, -0.2) is 17.4 Å². The van der Waals surface area contributed by atoms with Gasteiger partial charge in [0.25, 0.3) is 0 Å². The summed E-state index contributed by atoms with van der Waals surface area (Å²) in [6.07, 6.45) is 1.32. The number of amides is 2. The van der Waals surface area contributed by atoms with Gasteiger partial charge in [-0.05, 0) is 40.8 Å². The van der Waals surface area contributed by atoms with Crippen LogP contribution in [0.25, 0.3) is 0 Å². The van der Waals surface area contributed by atoms with Gasteiger partial charge in [-0.15, -0.1) is 0 Å². The summed E-state index contributed by atoms with van der Waals surface area (Å²) in [5, 5.41) is 12.9. The van der Waals surface area contributed by atoms with Crippen molar-refractivity contribution in [3.05, 3.63) is 27.3 Å². The summed E-state index contributed by atoms with van der Waals surface area (Å²) in [4.78, 5) is 10.3. The largest absolute Gasteiger partial charge is 0.507 e. The van der Waals surface area contributed by atoms with E-state index in [4.69, 9.17) is 5.73 Å². The average molecular weight is 305 g/mol. The Labute approximate surface area is 94.1 Å². The number of benzene rings is 1. The second-order valence-electron chi connectivity index (χ2n) is 2.44. The van der Waals surface area contributed by atoms with Gasteiger partial charge in [0.1, 0.15) is 5.75 Å². The van der Waals surface area contributed by atoms with Crippen molar-refractivity contribution in [2.45, 2.75) is 0 Å². The summed E-state index contributed by atoms with van der Waals surface area (Å²) >= 11 is 2.10. The number of phenols is 1. The van der Waals surface area contributed by atoms with Gasteiger partial charge in [-0.2, -0.15) is 5.10 Å². The Morgan fingerprint density at radius 2 is 2.36 bits per heavy atom. The number of hydrogen-bond donors (Lipinski definition) is 3. The smallest absolute Gasteiger partial charge is 0.332 e. The van der Waals surface area contributed by atoms with Crippen LogP contribution in [0, 0.1) is 3.57 Å². The Hall–Kier alpha value is -1.31. The highest BCUT2D eigenvalue weighted by Crippen LogP contribution is 2.17. The molecule has 0 aliphatic rings. The molecular weight excluding hydrogens is 297 g/mol. The van der Waals surface area contributed by atoms with E-state index in [9.17, 15) is 9.90 Å². The first-order valence-corrected chi connectivity index (χ1v) is 4.74. The molecular formula is C8H8IN3O2. The molecule has 0 aliphatic heterocycles. The summed E-state index contributed by atoms with van der Waals surface area (Å²) in [5.41, 5.74) is 7.35. The molecule has 0 bridgehead atoms. The SMILES string of the molecule is NC(=O)N/N=C\c1cc(I)ccc1O. The highest BCUT2D eigenvalue weighted by molar-refractivity contribution is 14.1. The molecule has 0 unspecified atom stereocenters. The van der Waals surface area contributed by atoms with Gasteiger partial charge >= 0.3 is 6.03 Å². The van der Waals surface area contributed by atoms with E-state index in [1.165, 1.54) is 6.21 Å². The van der Waals surface area contributed by atoms with Crippen molar-refractivity contribution in [3.8, 4) is 5.75 Å². The standard InChI is InChI=1S/C8H8IN3O2/c9-6-1-2-7(13)5(3-6)4-11-12-8(10)14/h1-4,13H,(H3,10,12,14)/b11-4-. The van der Waals surface area contributed by atoms with Crippen LogP contribution < -0.4 is 11.2 Å². The number of carbonyl (C=O) groups excluding carboxylic acids is 1. The molecule has 1 aromatic rings. The molecule has 74 valence electrons. The van der Waals surface area contributed by atoms with Gasteiger partial charge in [-0.3, -0.25) is 0 Å². The van der Waals surface area contributed by atoms with E-state index in [1.54, 1.807) is 18.2 Å². The van der Waals surface area contributed by atoms with Crippen molar-refractivity contribution in [2.24, 2.45) is 10.8 Å². The maximum absolute atomic E-state index is 10.3. The van der Waals surface area contributed by atoms with Gasteiger partial charge in [0.15, 0.2) is 0 Å². The van der Waals surface area contributed by atoms with Crippen LogP contribution in [0.5, 0.6) is 5.75 Å². The molecule has 0 saturated heterocycles. The van der Waals surface area contributed by atoms with Crippen molar-refractivity contribution >= 4 is 34.8 Å². The summed E-state index contributed by atoms with van der Waals surface area (Å²) in [6, 6.07) is 4.29. The molecule has 0 heterocycles. The van der Waals surface area contributed by atoms with Gasteiger partial charge < -0.3 is 10.8 Å². The number of hydrazone groups is 1. The molecule has 1 aromatic carbocycles. The molecule has 0 aromatic heterocycles. The Morgan fingerprint density at radius 1 is 1.64 bits per heavy atom. The minimum atomic E-state index is -0.744. The van der Waals surface area contributed by atoms with Crippen LogP contribution in [0.1, 0.15) is 5.56 Å². The van der Waals surface area contributed by atoms with Crippen LogP contribution in [-0.2, 0) is 0 Å². The zero-order chi connectivity index (χ0) is 10.6. The number of aromatic hydroxyl groups is 1. The summed E-state index contributed by atoms with van der Waals surface area (Å²) in [5.74, 6) is 0.0976. The third-order valence-corrected chi connectivity index (χ3v) is 2.04. The lowest BCUT2D eigenvalue weighted by Crippen LogP contribution is -2.24. The Bertz CT molecular complexity index is 379. The molecule has 4 N–H and O–H groups in total. The molecule has 0 aliphatic carbocycles. The van der Waals surface area contributed by atoms with Gasteiger partial charge in [0.2, 0.25) is 0 Å². The highest BCUT2D eigenvalue weighted by Gasteiger charge is 1.98. The van der Waals surface area contributed by atoms with Crippen molar-refractivity contribution < 1.29 is 9.90 Å². The van der Waals surface area contributed by atoms with Crippen LogP contribution in [0.2, 0.25) is 0 Å². The van der Waals surface area contributed by atoms with Crippen molar-refractivity contribution in [1.82, 2.24) is 5.43 Å². The van der Waals surface area contributed by atoms with Crippen LogP contribution in [0.3, 0.4) is 0 Å². The lowest BCUT2D eigenvalue weighted by molar-refractivity contribution is 0.249. The number of hydrogen-bond acceptors (Lipinski definition) is 3. The third kappa shape index (κ3) is 3.21. The molecule has 6 heteroatoms. The quantitative estimate of drug-likeness (QED) is 0.432. The number of rotatable bonds is 2. The van der Waals surface area contributed by atoms with Crippen molar-refractivity contribution in [1.29, 1.82) is 0 Å². The first kappa shape index (κ1) is 10.8. The second-order valence-corrected chi connectivity index (χ2v) is 3.68. The first-order chi connectivity index (χ1) is 6.59. The van der Waals surface area contributed by atoms with Gasteiger partial charge in [0, 0.05) is 9.13 Å². The number of halogens is 1. The Kier molecular flexibility index (Phi) is 3.69. The molecule has 1 rings (SSSR count). The molecule has 0 atom stereocenters. The normalized spacial score (nSPS) is 10.4. The maximum Gasteiger partial charge on any atom is 0.332 e. The van der Waals surface area contributed by atoms with Gasteiger partial charge in [-0.25, -0.2) is 10.2 Å². The van der Waals surface area contributed by atoms with E-state index < -0.39 is 6.03 Å². The summed E-state index contributed by atoms with van der Waals surface area (Å²) < 4.78 is 0.959. The molecule has 0 spiro atoms. The average Bonchev–Trinajstić information content (AvgIpc) is 2.10. The minimum absolute atomic E-state index is 0.0976. The predicted octanol–water partition coefficient (Wildman–Crippen LogP) is 0.999. The van der Waals surface area contributed by atoms with Crippen LogP contribution in [0.4, 0.5) is 4.79 Å².